The van der Waals surface area contributed by atoms with Gasteiger partial charge in [0.25, 0.3) is 0 Å². The molecule has 0 radical (unpaired) electrons. The number of carboxylic acid groups (broad SMARTS) is 1. The Balaban J connectivity index is 0.00000441. The number of aliphatic carboxylic acids is 1. The van der Waals surface area contributed by atoms with Crippen LogP contribution in [0.15, 0.2) is 24.3 Å². The highest BCUT2D eigenvalue weighted by molar-refractivity contribution is 5.85. The summed E-state index contributed by atoms with van der Waals surface area (Å²) in [6.45, 7) is 3.11. The van der Waals surface area contributed by atoms with E-state index in [9.17, 15) is 18.0 Å². The van der Waals surface area contributed by atoms with Crippen molar-refractivity contribution < 1.29 is 27.8 Å². The molecule has 8 heteroatoms. The molecule has 0 bridgehead atoms. The lowest BCUT2D eigenvalue weighted by Crippen LogP contribution is -2.34. The molecule has 0 heterocycles. The highest BCUT2D eigenvalue weighted by Gasteiger charge is 2.29. The molecule has 1 aromatic carbocycles. The number of benzene rings is 1. The van der Waals surface area contributed by atoms with Crippen molar-refractivity contribution in [3.8, 4) is 5.75 Å². The fraction of sp³-hybridized carbons (Fsp3) is 0.500. The van der Waals surface area contributed by atoms with Gasteiger partial charge in [0.15, 0.2) is 0 Å². The topological polar surface area (TPSA) is 49.8 Å². The van der Waals surface area contributed by atoms with Crippen LogP contribution in [0.3, 0.4) is 0 Å². The van der Waals surface area contributed by atoms with Gasteiger partial charge in [-0.1, -0.05) is 6.92 Å². The maximum atomic E-state index is 12.4. The van der Waals surface area contributed by atoms with Crippen molar-refractivity contribution in [3.63, 3.8) is 0 Å². The fourth-order valence-electron chi connectivity index (χ4n) is 1.81. The molecule has 0 aromatic heterocycles. The van der Waals surface area contributed by atoms with Crippen LogP contribution in [0.1, 0.15) is 18.9 Å². The molecule has 0 saturated carbocycles. The van der Waals surface area contributed by atoms with Crippen molar-refractivity contribution >= 4 is 18.4 Å². The molecule has 0 aliphatic rings. The van der Waals surface area contributed by atoms with Crippen molar-refractivity contribution in [2.45, 2.75) is 19.5 Å². The van der Waals surface area contributed by atoms with Crippen LogP contribution in [0.5, 0.6) is 5.75 Å². The van der Waals surface area contributed by atoms with Crippen LogP contribution in [0, 0.1) is 0 Å². The summed E-state index contributed by atoms with van der Waals surface area (Å²) in [4.78, 5) is 12.4. The van der Waals surface area contributed by atoms with E-state index in [1.54, 1.807) is 4.90 Å². The van der Waals surface area contributed by atoms with E-state index >= 15 is 0 Å². The lowest BCUT2D eigenvalue weighted by atomic mass is 10.2. The van der Waals surface area contributed by atoms with Gasteiger partial charge < -0.3 is 9.84 Å². The van der Waals surface area contributed by atoms with Crippen LogP contribution < -0.4 is 4.74 Å². The Morgan fingerprint density at radius 2 is 1.82 bits per heavy atom. The van der Waals surface area contributed by atoms with E-state index in [1.165, 1.54) is 12.1 Å². The molecule has 0 aliphatic carbocycles. The quantitative estimate of drug-likeness (QED) is 0.788. The molecule has 4 nitrogen and oxygen atoms in total. The number of halogens is 4. The van der Waals surface area contributed by atoms with Crippen molar-refractivity contribution in [3.05, 3.63) is 29.8 Å². The Bertz CT molecular complexity index is 452. The Hall–Kier alpha value is -1.47. The highest BCUT2D eigenvalue weighted by atomic mass is 35.5. The smallest absolute Gasteiger partial charge is 0.416 e. The average Bonchev–Trinajstić information content (AvgIpc) is 2.38. The van der Waals surface area contributed by atoms with Crippen molar-refractivity contribution in [1.29, 1.82) is 0 Å². The van der Waals surface area contributed by atoms with Crippen LogP contribution in [-0.4, -0.2) is 42.2 Å². The average molecular weight is 342 g/mol. The number of hydrogen-bond acceptors (Lipinski definition) is 3. The summed E-state index contributed by atoms with van der Waals surface area (Å²) in [5, 5.41) is 8.74. The van der Waals surface area contributed by atoms with Gasteiger partial charge in [-0.05, 0) is 37.2 Å². The van der Waals surface area contributed by atoms with Crippen LogP contribution in [0.2, 0.25) is 0 Å². The van der Waals surface area contributed by atoms with Crippen molar-refractivity contribution in [1.82, 2.24) is 4.90 Å². The fourth-order valence-corrected chi connectivity index (χ4v) is 1.81. The third-order valence-electron chi connectivity index (χ3n) is 2.76. The molecule has 1 rings (SSSR count). The number of rotatable bonds is 8. The summed E-state index contributed by atoms with van der Waals surface area (Å²) in [5.41, 5.74) is -0.728. The SMILES string of the molecule is CCCN(CCOc1ccc(C(F)(F)F)cc1)CC(=O)O.Cl. The Morgan fingerprint density at radius 3 is 2.27 bits per heavy atom. The molecular formula is C14H19ClF3NO3. The Morgan fingerprint density at radius 1 is 1.23 bits per heavy atom. The van der Waals surface area contributed by atoms with Gasteiger partial charge in [-0.3, -0.25) is 9.69 Å². The first kappa shape index (κ1) is 20.5. The number of carbonyl (C=O) groups is 1. The van der Waals surface area contributed by atoms with Gasteiger partial charge >= 0.3 is 12.1 Å². The van der Waals surface area contributed by atoms with Crippen LogP contribution >= 0.6 is 12.4 Å². The van der Waals surface area contributed by atoms with E-state index < -0.39 is 17.7 Å². The van der Waals surface area contributed by atoms with Crippen LogP contribution in [0.25, 0.3) is 0 Å². The van der Waals surface area contributed by atoms with Gasteiger partial charge in [0.05, 0.1) is 12.1 Å². The molecule has 0 aliphatic heterocycles. The molecule has 22 heavy (non-hydrogen) atoms. The van der Waals surface area contributed by atoms with Gasteiger partial charge in [-0.2, -0.15) is 13.2 Å². The number of alkyl halides is 3. The number of ether oxygens (including phenoxy) is 1. The largest absolute Gasteiger partial charge is 0.492 e. The zero-order chi connectivity index (χ0) is 15.9. The third-order valence-corrected chi connectivity index (χ3v) is 2.76. The van der Waals surface area contributed by atoms with Crippen molar-refractivity contribution in [2.75, 3.05) is 26.2 Å². The monoisotopic (exact) mass is 341 g/mol. The second-order valence-electron chi connectivity index (χ2n) is 4.54. The van der Waals surface area contributed by atoms with Gasteiger partial charge in [-0.25, -0.2) is 0 Å². The molecule has 0 saturated heterocycles. The van der Waals surface area contributed by atoms with Gasteiger partial charge in [0.1, 0.15) is 12.4 Å². The first-order valence-electron chi connectivity index (χ1n) is 6.57. The molecule has 1 aromatic rings. The van der Waals surface area contributed by atoms with Crippen molar-refractivity contribution in [2.24, 2.45) is 0 Å². The Kier molecular flexibility index (Phi) is 8.89. The number of hydrogen-bond donors (Lipinski definition) is 1. The summed E-state index contributed by atoms with van der Waals surface area (Å²) < 4.78 is 42.5. The standard InChI is InChI=1S/C14H18F3NO3.ClH/c1-2-7-18(10-13(19)20)8-9-21-12-5-3-11(4-6-12)14(15,16)17;/h3-6H,2,7-10H2,1H3,(H,19,20);1H. The van der Waals surface area contributed by atoms with Crippen LogP contribution in [-0.2, 0) is 11.0 Å². The number of carboxylic acids is 1. The van der Waals surface area contributed by atoms with Crippen LogP contribution in [0.4, 0.5) is 13.2 Å². The lowest BCUT2D eigenvalue weighted by molar-refractivity contribution is -0.138. The van der Waals surface area contributed by atoms with Gasteiger partial charge in [0.2, 0.25) is 0 Å². The predicted molar refractivity (Wildman–Crippen MR) is 78.6 cm³/mol. The molecule has 0 atom stereocenters. The summed E-state index contributed by atoms with van der Waals surface area (Å²) in [6, 6.07) is 4.42. The normalized spacial score (nSPS) is 11.1. The molecule has 0 amide bonds. The van der Waals surface area contributed by atoms with E-state index in [2.05, 4.69) is 0 Å². The summed E-state index contributed by atoms with van der Waals surface area (Å²) in [5.74, 6) is -0.590. The summed E-state index contributed by atoms with van der Waals surface area (Å²) >= 11 is 0. The van der Waals surface area contributed by atoms with E-state index in [0.29, 0.717) is 18.8 Å². The molecule has 0 spiro atoms. The number of nitrogens with zero attached hydrogens (tertiary/aromatic N) is 1. The first-order valence-corrected chi connectivity index (χ1v) is 6.57. The van der Waals surface area contributed by atoms with E-state index in [1.807, 2.05) is 6.92 Å². The van der Waals surface area contributed by atoms with Gasteiger partial charge in [0, 0.05) is 6.54 Å². The second kappa shape index (κ2) is 9.53. The van der Waals surface area contributed by atoms with Gasteiger partial charge in [-0.15, -0.1) is 12.4 Å². The molecule has 0 fully saturated rings. The maximum Gasteiger partial charge on any atom is 0.416 e. The molecule has 0 unspecified atom stereocenters. The molecule has 1 N–H and O–H groups in total. The second-order valence-corrected chi connectivity index (χ2v) is 4.54. The molecule has 126 valence electrons. The minimum absolute atomic E-state index is 0. The van der Waals surface area contributed by atoms with E-state index in [-0.39, 0.29) is 25.6 Å². The highest BCUT2D eigenvalue weighted by Crippen LogP contribution is 2.30. The zero-order valence-corrected chi connectivity index (χ0v) is 12.9. The summed E-state index contributed by atoms with van der Waals surface area (Å²) in [6.07, 6.45) is -3.55. The third kappa shape index (κ3) is 7.51. The van der Waals surface area contributed by atoms with E-state index in [0.717, 1.165) is 18.6 Å². The zero-order valence-electron chi connectivity index (χ0n) is 12.1. The Labute approximate surface area is 133 Å². The molecular weight excluding hydrogens is 323 g/mol. The minimum atomic E-state index is -4.36. The lowest BCUT2D eigenvalue weighted by Gasteiger charge is -2.19. The predicted octanol–water partition coefficient (Wildman–Crippen LogP) is 3.30. The maximum absolute atomic E-state index is 12.4. The summed E-state index contributed by atoms with van der Waals surface area (Å²) in [7, 11) is 0. The van der Waals surface area contributed by atoms with E-state index in [4.69, 9.17) is 9.84 Å². The first-order chi connectivity index (χ1) is 9.82. The minimum Gasteiger partial charge on any atom is -0.492 e.